The van der Waals surface area contributed by atoms with Crippen molar-refractivity contribution in [1.82, 2.24) is 0 Å². The van der Waals surface area contributed by atoms with Crippen LogP contribution in [-0.2, 0) is 4.74 Å². The summed E-state index contributed by atoms with van der Waals surface area (Å²) < 4.78 is 5.37. The van der Waals surface area contributed by atoms with E-state index in [9.17, 15) is 5.11 Å². The summed E-state index contributed by atoms with van der Waals surface area (Å²) in [6.07, 6.45) is 0.306. The quantitative estimate of drug-likeness (QED) is 0.562. The van der Waals surface area contributed by atoms with Crippen LogP contribution in [0.4, 0.5) is 0 Å². The zero-order chi connectivity index (χ0) is 8.65. The Bertz CT molecular complexity index is 147. The first-order chi connectivity index (χ1) is 5.00. The molecule has 1 heterocycles. The molecule has 3 atom stereocenters. The first-order valence-electron chi connectivity index (χ1n) is 4.09. The maximum absolute atomic E-state index is 9.68. The second-order valence-corrected chi connectivity index (χ2v) is 3.77. The fraction of sp³-hybridized carbons (Fsp3) is 1.00. The maximum atomic E-state index is 9.68. The number of hydrogen-bond acceptors (Lipinski definition) is 2. The van der Waals surface area contributed by atoms with Crippen LogP contribution in [0.3, 0.4) is 0 Å². The van der Waals surface area contributed by atoms with Crippen molar-refractivity contribution in [3.63, 3.8) is 0 Å². The second kappa shape index (κ2) is 2.79. The van der Waals surface area contributed by atoms with Gasteiger partial charge in [0.25, 0.3) is 0 Å². The molecule has 1 rings (SSSR count). The van der Waals surface area contributed by atoms with E-state index in [1.165, 1.54) is 0 Å². The van der Waals surface area contributed by atoms with Crippen molar-refractivity contribution in [2.75, 3.05) is 0 Å². The summed E-state index contributed by atoms with van der Waals surface area (Å²) in [6.45, 7) is 5.85. The highest BCUT2D eigenvalue weighted by Gasteiger charge is 2.45. The van der Waals surface area contributed by atoms with Crippen LogP contribution >= 0.6 is 0 Å². The Hall–Kier alpha value is -0.0151. The average molecular weight is 154 g/mol. The number of aliphatic hydroxyl groups excluding tert-OH is 1. The van der Waals surface area contributed by atoms with Gasteiger partial charge in [0.05, 0.1) is 12.2 Å². The van der Waals surface area contributed by atoms with Crippen molar-refractivity contribution in [3.8, 4) is 0 Å². The molecular weight excluding hydrogens is 139 g/mol. The van der Waals surface area contributed by atoms with E-state index in [2.05, 4.69) is 0 Å². The minimum absolute atomic E-state index is 0.0833. The highest BCUT2D eigenvalue weighted by molar-refractivity contribution is 6.11. The third kappa shape index (κ3) is 1.32. The maximum Gasteiger partial charge on any atom is 0.109 e. The topological polar surface area (TPSA) is 29.5 Å². The number of ether oxygens (including phenoxy) is 1. The van der Waals surface area contributed by atoms with Crippen molar-refractivity contribution in [2.45, 2.75) is 45.4 Å². The lowest BCUT2D eigenvalue weighted by atomic mass is 9.73. The smallest absolute Gasteiger partial charge is 0.109 e. The van der Waals surface area contributed by atoms with Crippen LogP contribution in [-0.4, -0.2) is 31.2 Å². The van der Waals surface area contributed by atoms with Crippen LogP contribution in [0.2, 0.25) is 0 Å². The third-order valence-electron chi connectivity index (χ3n) is 2.57. The van der Waals surface area contributed by atoms with Gasteiger partial charge < -0.3 is 9.84 Å². The molecule has 1 saturated heterocycles. The van der Waals surface area contributed by atoms with Crippen LogP contribution in [0.25, 0.3) is 0 Å². The lowest BCUT2D eigenvalue weighted by Crippen LogP contribution is -2.35. The van der Waals surface area contributed by atoms with Crippen LogP contribution in [0.1, 0.15) is 27.2 Å². The van der Waals surface area contributed by atoms with Crippen molar-refractivity contribution >= 4 is 7.85 Å². The molecule has 2 nitrogen and oxygen atoms in total. The molecule has 0 aromatic carbocycles. The van der Waals surface area contributed by atoms with E-state index >= 15 is 0 Å². The summed E-state index contributed by atoms with van der Waals surface area (Å²) in [5.41, 5.74) is -0.305. The summed E-state index contributed by atoms with van der Waals surface area (Å²) >= 11 is 0. The standard InChI is InChI=1S/C8H15BO2/c1-4-5-6(10)8(2,3)7(9)11-5/h5-7,10H,4H2,1-3H3/t5-,6-,7-/m1/s1. The highest BCUT2D eigenvalue weighted by Crippen LogP contribution is 2.37. The summed E-state index contributed by atoms with van der Waals surface area (Å²) in [5.74, 6) is 0. The molecule has 1 aliphatic heterocycles. The second-order valence-electron chi connectivity index (χ2n) is 3.77. The average Bonchev–Trinajstić information content (AvgIpc) is 2.14. The first kappa shape index (κ1) is 9.08. The number of rotatable bonds is 1. The predicted molar refractivity (Wildman–Crippen MR) is 44.5 cm³/mol. The van der Waals surface area contributed by atoms with Gasteiger partial charge in [0.1, 0.15) is 7.85 Å². The van der Waals surface area contributed by atoms with E-state index in [1.54, 1.807) is 0 Å². The number of hydrogen-bond donors (Lipinski definition) is 1. The van der Waals surface area contributed by atoms with Gasteiger partial charge >= 0.3 is 0 Å². The molecule has 0 aromatic heterocycles. The van der Waals surface area contributed by atoms with Crippen molar-refractivity contribution in [2.24, 2.45) is 5.41 Å². The molecule has 0 amide bonds. The molecule has 2 radical (unpaired) electrons. The van der Waals surface area contributed by atoms with Gasteiger partial charge in [-0.3, -0.25) is 0 Å². The fourth-order valence-corrected chi connectivity index (χ4v) is 1.40. The lowest BCUT2D eigenvalue weighted by molar-refractivity contribution is 0.0260. The zero-order valence-corrected chi connectivity index (χ0v) is 7.37. The van der Waals surface area contributed by atoms with Crippen LogP contribution in [0.15, 0.2) is 0 Å². The van der Waals surface area contributed by atoms with Gasteiger partial charge in [-0.05, 0) is 6.42 Å². The molecule has 0 spiro atoms. The van der Waals surface area contributed by atoms with E-state index in [4.69, 9.17) is 12.6 Å². The molecule has 0 aromatic rings. The molecule has 3 heteroatoms. The molecule has 1 N–H and O–H groups in total. The molecule has 1 fully saturated rings. The van der Waals surface area contributed by atoms with Gasteiger partial charge in [-0.2, -0.15) is 0 Å². The first-order valence-corrected chi connectivity index (χ1v) is 4.09. The zero-order valence-electron chi connectivity index (χ0n) is 7.37. The monoisotopic (exact) mass is 154 g/mol. The molecule has 0 aliphatic carbocycles. The minimum Gasteiger partial charge on any atom is -0.390 e. The van der Waals surface area contributed by atoms with E-state index in [1.807, 2.05) is 20.8 Å². The molecule has 1 aliphatic rings. The summed E-state index contributed by atoms with van der Waals surface area (Å²) in [6, 6.07) is -0.331. The van der Waals surface area contributed by atoms with Crippen LogP contribution in [0, 0.1) is 5.41 Å². The Morgan fingerprint density at radius 3 is 2.27 bits per heavy atom. The number of aliphatic hydroxyl groups is 1. The SMILES string of the molecule is [B][C@@H]1O[C@H](CC)[C@@H](O)C1(C)C. The minimum atomic E-state index is -0.428. The van der Waals surface area contributed by atoms with Gasteiger partial charge in [-0.1, -0.05) is 20.8 Å². The third-order valence-corrected chi connectivity index (χ3v) is 2.57. The molecular formula is C8H15BO2. The Morgan fingerprint density at radius 2 is 2.09 bits per heavy atom. The van der Waals surface area contributed by atoms with E-state index < -0.39 is 6.10 Å². The van der Waals surface area contributed by atoms with Gasteiger partial charge in [-0.25, -0.2) is 0 Å². The van der Waals surface area contributed by atoms with Crippen molar-refractivity contribution in [3.05, 3.63) is 0 Å². The lowest BCUT2D eigenvalue weighted by Gasteiger charge is -2.25. The predicted octanol–water partition coefficient (Wildman–Crippen LogP) is 0.677. The molecule has 0 unspecified atom stereocenters. The molecule has 0 bridgehead atoms. The van der Waals surface area contributed by atoms with E-state index in [0.29, 0.717) is 0 Å². The Balaban J connectivity index is 2.71. The van der Waals surface area contributed by atoms with Crippen molar-refractivity contribution < 1.29 is 9.84 Å². The normalized spacial score (nSPS) is 42.7. The summed E-state index contributed by atoms with van der Waals surface area (Å²) in [4.78, 5) is 0. The Kier molecular flexibility index (Phi) is 2.31. The Morgan fingerprint density at radius 1 is 1.55 bits per heavy atom. The molecule has 11 heavy (non-hydrogen) atoms. The van der Waals surface area contributed by atoms with Crippen LogP contribution < -0.4 is 0 Å². The fourth-order valence-electron chi connectivity index (χ4n) is 1.40. The summed E-state index contributed by atoms with van der Waals surface area (Å²) in [7, 11) is 5.69. The molecule has 62 valence electrons. The van der Waals surface area contributed by atoms with Crippen LogP contribution in [0.5, 0.6) is 0 Å². The van der Waals surface area contributed by atoms with Crippen molar-refractivity contribution in [1.29, 1.82) is 0 Å². The highest BCUT2D eigenvalue weighted by atomic mass is 16.5. The van der Waals surface area contributed by atoms with Gasteiger partial charge in [0.15, 0.2) is 0 Å². The van der Waals surface area contributed by atoms with E-state index in [0.717, 1.165) is 6.42 Å². The van der Waals surface area contributed by atoms with Gasteiger partial charge in [0, 0.05) is 11.4 Å². The van der Waals surface area contributed by atoms with Gasteiger partial charge in [-0.15, -0.1) is 0 Å². The summed E-state index contributed by atoms with van der Waals surface area (Å²) in [5, 5.41) is 9.68. The van der Waals surface area contributed by atoms with Gasteiger partial charge in [0.2, 0.25) is 0 Å². The largest absolute Gasteiger partial charge is 0.390 e. The molecule has 0 saturated carbocycles. The van der Waals surface area contributed by atoms with E-state index in [-0.39, 0.29) is 17.5 Å². The Labute approximate surface area is 69.3 Å².